The van der Waals surface area contributed by atoms with Crippen molar-refractivity contribution in [2.75, 3.05) is 18.0 Å². The second-order valence-electron chi connectivity index (χ2n) is 8.50. The third kappa shape index (κ3) is 3.72. The fraction of sp³-hybridized carbons (Fsp3) is 0.240. The van der Waals surface area contributed by atoms with Crippen LogP contribution in [0.2, 0.25) is 0 Å². The van der Waals surface area contributed by atoms with E-state index in [-0.39, 0.29) is 28.4 Å². The number of pyridine rings is 1. The first-order valence-electron chi connectivity index (χ1n) is 10.9. The third-order valence-electron chi connectivity index (χ3n) is 6.29. The summed E-state index contributed by atoms with van der Waals surface area (Å²) >= 11 is 0. The third-order valence-corrected chi connectivity index (χ3v) is 6.29. The molecule has 0 radical (unpaired) electrons. The van der Waals surface area contributed by atoms with E-state index in [1.807, 2.05) is 4.90 Å². The van der Waals surface area contributed by atoms with Gasteiger partial charge in [-0.15, -0.1) is 0 Å². The number of nitrogens with zero attached hydrogens (tertiary/aromatic N) is 3. The molecule has 34 heavy (non-hydrogen) atoms. The lowest BCUT2D eigenvalue weighted by molar-refractivity contribution is 0.450. The van der Waals surface area contributed by atoms with E-state index >= 15 is 4.39 Å². The van der Waals surface area contributed by atoms with Crippen LogP contribution in [0.3, 0.4) is 0 Å². The van der Waals surface area contributed by atoms with Crippen molar-refractivity contribution < 1.29 is 13.3 Å². The summed E-state index contributed by atoms with van der Waals surface area (Å²) in [4.78, 5) is 18.6. The number of aromatic amines is 1. The number of piperidine rings is 1. The Bertz CT molecular complexity index is 1510. The Hall–Kier alpha value is -4.03. The fourth-order valence-corrected chi connectivity index (χ4v) is 4.37. The first-order valence-corrected chi connectivity index (χ1v) is 10.9. The summed E-state index contributed by atoms with van der Waals surface area (Å²) < 4.78 is 35.1. The van der Waals surface area contributed by atoms with Gasteiger partial charge in [0.05, 0.1) is 22.5 Å². The van der Waals surface area contributed by atoms with Gasteiger partial charge < -0.3 is 20.1 Å². The molecule has 9 heteroatoms. The number of halogens is 2. The van der Waals surface area contributed by atoms with Crippen LogP contribution < -0.4 is 16.1 Å². The molecule has 172 valence electrons. The summed E-state index contributed by atoms with van der Waals surface area (Å²) in [7, 11) is 0. The second-order valence-corrected chi connectivity index (χ2v) is 8.50. The molecule has 2 aromatic carbocycles. The Morgan fingerprint density at radius 2 is 1.94 bits per heavy atom. The van der Waals surface area contributed by atoms with Crippen molar-refractivity contribution in [3.8, 4) is 28.5 Å². The van der Waals surface area contributed by atoms with E-state index in [2.05, 4.69) is 10.1 Å². The number of anilines is 1. The molecule has 0 unspecified atom stereocenters. The molecule has 7 nitrogen and oxygen atoms in total. The minimum atomic E-state index is -0.733. The highest BCUT2D eigenvalue weighted by molar-refractivity contribution is 5.89. The zero-order valence-corrected chi connectivity index (χ0v) is 18.4. The number of nitrogens with two attached hydrogens (primary N) is 1. The number of rotatable bonds is 3. The standard InChI is InChI=1S/C25H21F2N5O2/c1-13-17-9-20(27)18(10-22(17)34-31-13)24-21(33)11-23(32-6-4-16(29)5-7-32)30-25(24)14-2-3-15(12-28)19(26)8-14/h2-3,8-11,16H,4-7,29H2,1H3,(H,30,33). The lowest BCUT2D eigenvalue weighted by atomic mass is 9.96. The molecule has 3 N–H and O–H groups in total. The van der Waals surface area contributed by atoms with Crippen molar-refractivity contribution in [2.45, 2.75) is 25.8 Å². The van der Waals surface area contributed by atoms with E-state index in [9.17, 15) is 9.18 Å². The van der Waals surface area contributed by atoms with Crippen LogP contribution in [0.1, 0.15) is 24.1 Å². The minimum Gasteiger partial charge on any atom is -0.358 e. The molecule has 0 bridgehead atoms. The summed E-state index contributed by atoms with van der Waals surface area (Å²) in [6, 6.07) is 10.0. The molecule has 1 aliphatic heterocycles. The van der Waals surface area contributed by atoms with Crippen LogP contribution in [0, 0.1) is 29.9 Å². The van der Waals surface area contributed by atoms with Crippen molar-refractivity contribution in [1.29, 1.82) is 5.26 Å². The molecule has 1 fully saturated rings. The number of aryl methyl sites for hydroxylation is 1. The average molecular weight is 461 g/mol. The van der Waals surface area contributed by atoms with Crippen LogP contribution in [0.5, 0.6) is 0 Å². The number of nitrogens with one attached hydrogen (secondary N) is 1. The Labute approximate surface area is 193 Å². The van der Waals surface area contributed by atoms with E-state index in [0.717, 1.165) is 18.9 Å². The molecule has 3 heterocycles. The Morgan fingerprint density at radius 1 is 1.18 bits per heavy atom. The molecule has 2 aromatic heterocycles. The normalized spacial score (nSPS) is 14.5. The highest BCUT2D eigenvalue weighted by Crippen LogP contribution is 2.35. The van der Waals surface area contributed by atoms with Crippen LogP contribution in [-0.4, -0.2) is 29.3 Å². The lowest BCUT2D eigenvalue weighted by Crippen LogP contribution is -2.40. The number of fused-ring (bicyclic) bond motifs is 1. The predicted octanol–water partition coefficient (Wildman–Crippen LogP) is 4.24. The molecule has 4 aromatic rings. The van der Waals surface area contributed by atoms with Crippen molar-refractivity contribution in [3.05, 3.63) is 69.5 Å². The summed E-state index contributed by atoms with van der Waals surface area (Å²) in [5.74, 6) is -0.822. The summed E-state index contributed by atoms with van der Waals surface area (Å²) in [5, 5.41) is 13.5. The van der Waals surface area contributed by atoms with Crippen LogP contribution >= 0.6 is 0 Å². The maximum atomic E-state index is 15.3. The number of hydrogen-bond donors (Lipinski definition) is 2. The van der Waals surface area contributed by atoms with E-state index in [1.165, 1.54) is 30.3 Å². The molecule has 0 aliphatic carbocycles. The van der Waals surface area contributed by atoms with Gasteiger partial charge in [-0.1, -0.05) is 11.2 Å². The number of benzene rings is 2. The minimum absolute atomic E-state index is 0.0110. The van der Waals surface area contributed by atoms with Gasteiger partial charge in [-0.3, -0.25) is 4.79 Å². The molecule has 0 amide bonds. The lowest BCUT2D eigenvalue weighted by Gasteiger charge is -2.32. The molecule has 0 saturated carbocycles. The monoisotopic (exact) mass is 461 g/mol. The molecular formula is C25H21F2N5O2. The quantitative estimate of drug-likeness (QED) is 0.472. The Morgan fingerprint density at radius 3 is 2.65 bits per heavy atom. The maximum Gasteiger partial charge on any atom is 0.192 e. The molecule has 5 rings (SSSR count). The largest absolute Gasteiger partial charge is 0.358 e. The van der Waals surface area contributed by atoms with Gasteiger partial charge in [0.15, 0.2) is 11.0 Å². The van der Waals surface area contributed by atoms with E-state index in [1.54, 1.807) is 13.0 Å². The predicted molar refractivity (Wildman–Crippen MR) is 124 cm³/mol. The highest BCUT2D eigenvalue weighted by atomic mass is 19.1. The first-order chi connectivity index (χ1) is 16.4. The first kappa shape index (κ1) is 21.8. The molecular weight excluding hydrogens is 440 g/mol. The number of nitriles is 1. The summed E-state index contributed by atoms with van der Waals surface area (Å²) in [6.07, 6.45) is 1.53. The van der Waals surface area contributed by atoms with Crippen molar-refractivity contribution in [3.63, 3.8) is 0 Å². The van der Waals surface area contributed by atoms with Crippen LogP contribution in [-0.2, 0) is 0 Å². The van der Waals surface area contributed by atoms with Crippen molar-refractivity contribution in [2.24, 2.45) is 5.73 Å². The van der Waals surface area contributed by atoms with Gasteiger partial charge in [-0.2, -0.15) is 5.26 Å². The molecule has 0 spiro atoms. The molecule has 0 atom stereocenters. The van der Waals surface area contributed by atoms with Gasteiger partial charge >= 0.3 is 0 Å². The second kappa shape index (κ2) is 8.39. The topological polar surface area (TPSA) is 112 Å². The zero-order valence-electron chi connectivity index (χ0n) is 18.4. The Balaban J connectivity index is 1.74. The van der Waals surface area contributed by atoms with E-state index < -0.39 is 17.1 Å². The number of H-pyrrole nitrogens is 1. The fourth-order valence-electron chi connectivity index (χ4n) is 4.37. The van der Waals surface area contributed by atoms with Crippen molar-refractivity contribution >= 4 is 16.8 Å². The number of hydrogen-bond acceptors (Lipinski definition) is 6. The molecule has 1 aliphatic rings. The van der Waals surface area contributed by atoms with Crippen molar-refractivity contribution in [1.82, 2.24) is 10.1 Å². The SMILES string of the molecule is Cc1noc2cc(-c3c(-c4ccc(C#N)c(F)c4)[nH]c(N4CCC(N)CC4)cc3=O)c(F)cc12. The summed E-state index contributed by atoms with van der Waals surface area (Å²) in [5.41, 5.74) is 6.92. The van der Waals surface area contributed by atoms with Gasteiger partial charge in [0, 0.05) is 41.7 Å². The Kier molecular flexibility index (Phi) is 5.38. The van der Waals surface area contributed by atoms with Crippen LogP contribution in [0.4, 0.5) is 14.6 Å². The summed E-state index contributed by atoms with van der Waals surface area (Å²) in [6.45, 7) is 2.99. The average Bonchev–Trinajstić information content (AvgIpc) is 3.18. The van der Waals surface area contributed by atoms with Gasteiger partial charge in [-0.05, 0) is 44.0 Å². The van der Waals surface area contributed by atoms with Crippen LogP contribution in [0.15, 0.2) is 45.7 Å². The van der Waals surface area contributed by atoms with Gasteiger partial charge in [-0.25, -0.2) is 8.78 Å². The van der Waals surface area contributed by atoms with Gasteiger partial charge in [0.25, 0.3) is 0 Å². The van der Waals surface area contributed by atoms with Gasteiger partial charge in [0.1, 0.15) is 23.5 Å². The zero-order chi connectivity index (χ0) is 24.0. The number of aromatic nitrogens is 2. The smallest absolute Gasteiger partial charge is 0.192 e. The van der Waals surface area contributed by atoms with E-state index in [0.29, 0.717) is 41.1 Å². The van der Waals surface area contributed by atoms with E-state index in [4.69, 9.17) is 15.5 Å². The van der Waals surface area contributed by atoms with Gasteiger partial charge in [0.2, 0.25) is 0 Å². The highest BCUT2D eigenvalue weighted by Gasteiger charge is 2.23. The van der Waals surface area contributed by atoms with Crippen LogP contribution in [0.25, 0.3) is 33.4 Å². The maximum absolute atomic E-state index is 15.3. The molecule has 1 saturated heterocycles.